The number of nitrogens with one attached hydrogen (secondary N) is 1. The minimum Gasteiger partial charge on any atom is -0.282 e. The molecule has 0 saturated carbocycles. The zero-order valence-corrected chi connectivity index (χ0v) is 9.46. The fourth-order valence-corrected chi connectivity index (χ4v) is 1.79. The highest BCUT2D eigenvalue weighted by molar-refractivity contribution is 5.71. The molecule has 15 heavy (non-hydrogen) atoms. The number of aromatic amines is 1. The summed E-state index contributed by atoms with van der Waals surface area (Å²) < 4.78 is 0. The first-order valence-electron chi connectivity index (χ1n) is 5.23. The van der Waals surface area contributed by atoms with Gasteiger partial charge in [0.25, 0.3) is 0 Å². The molecule has 1 N–H and O–H groups in total. The Labute approximate surface area is 90.4 Å². The molecular weight excluding hydrogens is 184 g/mol. The number of aryl methyl sites for hydroxylation is 1. The van der Waals surface area contributed by atoms with Gasteiger partial charge < -0.3 is 0 Å². The minimum atomic E-state index is 0.981. The Bertz CT molecular complexity index is 459. The van der Waals surface area contributed by atoms with Gasteiger partial charge in [0.1, 0.15) is 0 Å². The van der Waals surface area contributed by atoms with E-state index in [-0.39, 0.29) is 0 Å². The summed E-state index contributed by atoms with van der Waals surface area (Å²) in [4.78, 5) is 0. The van der Waals surface area contributed by atoms with E-state index in [1.165, 1.54) is 22.3 Å². The lowest BCUT2D eigenvalue weighted by molar-refractivity contribution is 1.05. The van der Waals surface area contributed by atoms with Crippen LogP contribution in [0.2, 0.25) is 0 Å². The summed E-state index contributed by atoms with van der Waals surface area (Å²) in [7, 11) is 0. The zero-order chi connectivity index (χ0) is 10.8. The summed E-state index contributed by atoms with van der Waals surface area (Å²) in [6.45, 7) is 6.36. The Hall–Kier alpha value is -1.57. The number of allylic oxidation sites excluding steroid dienone is 6. The lowest BCUT2D eigenvalue weighted by Gasteiger charge is -2.02. The molecule has 2 nitrogen and oxygen atoms in total. The third-order valence-corrected chi connectivity index (χ3v) is 2.89. The van der Waals surface area contributed by atoms with Crippen LogP contribution >= 0.6 is 0 Å². The van der Waals surface area contributed by atoms with Crippen molar-refractivity contribution >= 4 is 5.57 Å². The fraction of sp³-hybridized carbons (Fsp3) is 0.308. The molecule has 0 aromatic carbocycles. The Balaban J connectivity index is 2.44. The molecule has 1 aliphatic carbocycles. The molecule has 0 spiro atoms. The first-order chi connectivity index (χ1) is 7.18. The third kappa shape index (κ3) is 1.94. The van der Waals surface area contributed by atoms with Gasteiger partial charge in [-0.05, 0) is 43.9 Å². The van der Waals surface area contributed by atoms with E-state index >= 15 is 0 Å². The number of rotatable bonds is 1. The number of H-pyrrole nitrogens is 1. The van der Waals surface area contributed by atoms with E-state index in [0.29, 0.717) is 0 Å². The van der Waals surface area contributed by atoms with Crippen molar-refractivity contribution in [3.63, 3.8) is 0 Å². The molecule has 0 atom stereocenters. The van der Waals surface area contributed by atoms with Crippen molar-refractivity contribution in [3.05, 3.63) is 46.8 Å². The second-order valence-corrected chi connectivity index (χ2v) is 4.05. The Morgan fingerprint density at radius 3 is 2.67 bits per heavy atom. The van der Waals surface area contributed by atoms with E-state index in [1.54, 1.807) is 0 Å². The molecular formula is C13H16N2. The van der Waals surface area contributed by atoms with Gasteiger partial charge in [0.2, 0.25) is 0 Å². The van der Waals surface area contributed by atoms with Crippen LogP contribution in [0.15, 0.2) is 35.6 Å². The molecule has 2 rings (SSSR count). The fourth-order valence-electron chi connectivity index (χ4n) is 1.79. The highest BCUT2D eigenvalue weighted by Crippen LogP contribution is 2.26. The van der Waals surface area contributed by atoms with E-state index in [2.05, 4.69) is 49.2 Å². The number of aromatic nitrogens is 2. The normalized spacial score (nSPS) is 16.6. The minimum absolute atomic E-state index is 0.981. The Kier molecular flexibility index (Phi) is 2.58. The molecule has 0 amide bonds. The summed E-state index contributed by atoms with van der Waals surface area (Å²) in [5.41, 5.74) is 6.38. The number of hydrogen-bond donors (Lipinski definition) is 1. The summed E-state index contributed by atoms with van der Waals surface area (Å²) in [6.07, 6.45) is 9.55. The van der Waals surface area contributed by atoms with Crippen LogP contribution in [0.25, 0.3) is 5.57 Å². The lowest BCUT2D eigenvalue weighted by Crippen LogP contribution is -1.84. The maximum atomic E-state index is 4.07. The van der Waals surface area contributed by atoms with E-state index in [4.69, 9.17) is 0 Å². The van der Waals surface area contributed by atoms with Crippen LogP contribution in [0.1, 0.15) is 31.5 Å². The molecule has 1 heterocycles. The zero-order valence-electron chi connectivity index (χ0n) is 9.46. The van der Waals surface area contributed by atoms with Crippen LogP contribution in [0.3, 0.4) is 0 Å². The van der Waals surface area contributed by atoms with Gasteiger partial charge >= 0.3 is 0 Å². The van der Waals surface area contributed by atoms with Gasteiger partial charge in [-0.2, -0.15) is 5.10 Å². The average Bonchev–Trinajstić information content (AvgIpc) is 2.55. The highest BCUT2D eigenvalue weighted by Gasteiger charge is 2.08. The summed E-state index contributed by atoms with van der Waals surface area (Å²) in [6, 6.07) is 0. The maximum absolute atomic E-state index is 4.07. The van der Waals surface area contributed by atoms with Gasteiger partial charge in [0.15, 0.2) is 0 Å². The van der Waals surface area contributed by atoms with Crippen LogP contribution in [-0.2, 0) is 0 Å². The molecule has 0 radical (unpaired) electrons. The molecule has 0 saturated heterocycles. The monoisotopic (exact) mass is 200 g/mol. The first kappa shape index (κ1) is 9.97. The van der Waals surface area contributed by atoms with Gasteiger partial charge in [-0.1, -0.05) is 18.2 Å². The SMILES string of the molecule is CC1=C(C)C=C(c2cn[nH]c2C)CC=C1. The van der Waals surface area contributed by atoms with Crippen molar-refractivity contribution in [2.75, 3.05) is 0 Å². The quantitative estimate of drug-likeness (QED) is 0.739. The van der Waals surface area contributed by atoms with Crippen molar-refractivity contribution < 1.29 is 0 Å². The van der Waals surface area contributed by atoms with Crippen LogP contribution in [0.4, 0.5) is 0 Å². The van der Waals surface area contributed by atoms with E-state index < -0.39 is 0 Å². The van der Waals surface area contributed by atoms with Crippen molar-refractivity contribution in [3.8, 4) is 0 Å². The Morgan fingerprint density at radius 1 is 1.20 bits per heavy atom. The second kappa shape index (κ2) is 3.89. The highest BCUT2D eigenvalue weighted by atomic mass is 15.1. The van der Waals surface area contributed by atoms with Crippen LogP contribution < -0.4 is 0 Å². The molecule has 1 aromatic heterocycles. The van der Waals surface area contributed by atoms with Crippen molar-refractivity contribution in [2.24, 2.45) is 0 Å². The predicted molar refractivity (Wildman–Crippen MR) is 63.4 cm³/mol. The van der Waals surface area contributed by atoms with Crippen LogP contribution in [0.5, 0.6) is 0 Å². The second-order valence-electron chi connectivity index (χ2n) is 4.05. The Morgan fingerprint density at radius 2 is 2.00 bits per heavy atom. The first-order valence-corrected chi connectivity index (χ1v) is 5.23. The van der Waals surface area contributed by atoms with Crippen LogP contribution in [0, 0.1) is 6.92 Å². The molecule has 1 aliphatic rings. The van der Waals surface area contributed by atoms with E-state index in [9.17, 15) is 0 Å². The maximum Gasteiger partial charge on any atom is 0.0565 e. The van der Waals surface area contributed by atoms with Gasteiger partial charge in [-0.25, -0.2) is 0 Å². The number of nitrogens with zero attached hydrogens (tertiary/aromatic N) is 1. The van der Waals surface area contributed by atoms with Gasteiger partial charge in [-0.3, -0.25) is 5.10 Å². The lowest BCUT2D eigenvalue weighted by atomic mass is 10.0. The molecule has 0 bridgehead atoms. The molecule has 0 aliphatic heterocycles. The third-order valence-electron chi connectivity index (χ3n) is 2.89. The summed E-state index contributed by atoms with van der Waals surface area (Å²) >= 11 is 0. The van der Waals surface area contributed by atoms with Gasteiger partial charge in [0.05, 0.1) is 6.20 Å². The molecule has 1 aromatic rings. The average molecular weight is 200 g/mol. The standard InChI is InChI=1S/C13H16N2/c1-9-5-4-6-12(7-10(9)2)13-8-14-15-11(13)3/h4-5,7-8H,6H2,1-3H3,(H,14,15). The van der Waals surface area contributed by atoms with Gasteiger partial charge in [0, 0.05) is 11.3 Å². The van der Waals surface area contributed by atoms with Gasteiger partial charge in [-0.15, -0.1) is 0 Å². The number of hydrogen-bond acceptors (Lipinski definition) is 1. The summed E-state index contributed by atoms with van der Waals surface area (Å²) in [5, 5.41) is 7.05. The predicted octanol–water partition coefficient (Wildman–Crippen LogP) is 3.40. The van der Waals surface area contributed by atoms with Crippen molar-refractivity contribution in [1.82, 2.24) is 10.2 Å². The smallest absolute Gasteiger partial charge is 0.0565 e. The summed E-state index contributed by atoms with van der Waals surface area (Å²) in [5.74, 6) is 0. The molecule has 0 unspecified atom stereocenters. The molecule has 78 valence electrons. The van der Waals surface area contributed by atoms with Crippen LogP contribution in [-0.4, -0.2) is 10.2 Å². The van der Waals surface area contributed by atoms with E-state index in [1.807, 2.05) is 6.20 Å². The van der Waals surface area contributed by atoms with Crippen molar-refractivity contribution in [2.45, 2.75) is 27.2 Å². The topological polar surface area (TPSA) is 28.7 Å². The van der Waals surface area contributed by atoms with Crippen molar-refractivity contribution in [1.29, 1.82) is 0 Å². The van der Waals surface area contributed by atoms with E-state index in [0.717, 1.165) is 12.1 Å². The molecule has 2 heteroatoms. The largest absolute Gasteiger partial charge is 0.282 e. The molecule has 0 fully saturated rings.